The highest BCUT2D eigenvalue weighted by molar-refractivity contribution is 6.34. The summed E-state index contributed by atoms with van der Waals surface area (Å²) in [6, 6.07) is 2.08. The van der Waals surface area contributed by atoms with E-state index in [1.54, 1.807) is 0 Å². The van der Waals surface area contributed by atoms with Gasteiger partial charge in [-0.1, -0.05) is 11.6 Å². The molecule has 0 heterocycles. The fourth-order valence-corrected chi connectivity index (χ4v) is 1.72. The fraction of sp³-hybridized carbons (Fsp3) is 0.364. The molecule has 2 N–H and O–H groups in total. The molecule has 0 unspecified atom stereocenters. The van der Waals surface area contributed by atoms with Gasteiger partial charge in [0.25, 0.3) is 5.69 Å². The lowest BCUT2D eigenvalue weighted by atomic mass is 10.1. The Bertz CT molecular complexity index is 492. The second-order valence-corrected chi connectivity index (χ2v) is 3.94. The van der Waals surface area contributed by atoms with Crippen molar-refractivity contribution < 1.29 is 19.6 Å². The van der Waals surface area contributed by atoms with Crippen LogP contribution in [0.2, 0.25) is 5.02 Å². The number of nitro benzene ring substituents is 1. The Morgan fingerprint density at radius 3 is 2.79 bits per heavy atom. The van der Waals surface area contributed by atoms with Crippen molar-refractivity contribution in [3.8, 4) is 0 Å². The van der Waals surface area contributed by atoms with Gasteiger partial charge in [-0.2, -0.15) is 0 Å². The average Bonchev–Trinajstić information content (AvgIpc) is 2.35. The van der Waals surface area contributed by atoms with Crippen molar-refractivity contribution in [3.63, 3.8) is 0 Å². The highest BCUT2D eigenvalue weighted by Crippen LogP contribution is 2.31. The van der Waals surface area contributed by atoms with Gasteiger partial charge >= 0.3 is 5.97 Å². The van der Waals surface area contributed by atoms with E-state index in [1.165, 1.54) is 0 Å². The minimum atomic E-state index is -1.29. The summed E-state index contributed by atoms with van der Waals surface area (Å²) in [7, 11) is 0. The van der Waals surface area contributed by atoms with Gasteiger partial charge in [-0.3, -0.25) is 10.1 Å². The maximum Gasteiger partial charge on any atom is 0.338 e. The number of carbonyl (C=O) groups is 1. The van der Waals surface area contributed by atoms with Crippen molar-refractivity contribution in [2.75, 3.05) is 25.1 Å². The van der Waals surface area contributed by atoms with Crippen LogP contribution >= 0.6 is 11.6 Å². The Kier molecular flexibility index (Phi) is 5.53. The zero-order valence-electron chi connectivity index (χ0n) is 10.2. The fourth-order valence-electron chi connectivity index (χ4n) is 1.44. The molecule has 0 fully saturated rings. The summed E-state index contributed by atoms with van der Waals surface area (Å²) in [4.78, 5) is 21.0. The molecule has 7 nitrogen and oxygen atoms in total. The van der Waals surface area contributed by atoms with E-state index in [1.807, 2.05) is 6.92 Å². The Morgan fingerprint density at radius 1 is 1.58 bits per heavy atom. The third-order valence-corrected chi connectivity index (χ3v) is 2.57. The Hall–Kier alpha value is -1.86. The molecule has 104 valence electrons. The molecule has 8 heteroatoms. The first-order chi connectivity index (χ1) is 8.97. The number of halogens is 1. The summed E-state index contributed by atoms with van der Waals surface area (Å²) in [6.45, 7) is 3.11. The van der Waals surface area contributed by atoms with Crippen LogP contribution in [0.3, 0.4) is 0 Å². The van der Waals surface area contributed by atoms with Crippen LogP contribution in [-0.4, -0.2) is 35.8 Å². The van der Waals surface area contributed by atoms with Crippen LogP contribution in [0.15, 0.2) is 12.1 Å². The molecular formula is C11H13ClN2O5. The van der Waals surface area contributed by atoms with Crippen LogP contribution in [0.25, 0.3) is 0 Å². The summed E-state index contributed by atoms with van der Waals surface area (Å²) >= 11 is 5.86. The summed E-state index contributed by atoms with van der Waals surface area (Å²) in [5, 5.41) is 22.5. The molecule has 0 amide bonds. The van der Waals surface area contributed by atoms with Gasteiger partial charge in [0.1, 0.15) is 0 Å². The van der Waals surface area contributed by atoms with Gasteiger partial charge in [-0.05, 0) is 6.92 Å². The van der Waals surface area contributed by atoms with Crippen molar-refractivity contribution in [3.05, 3.63) is 32.8 Å². The van der Waals surface area contributed by atoms with Gasteiger partial charge in [0.05, 0.1) is 27.8 Å². The van der Waals surface area contributed by atoms with Crippen LogP contribution in [0.5, 0.6) is 0 Å². The number of carboxylic acids is 1. The highest BCUT2D eigenvalue weighted by Gasteiger charge is 2.19. The molecule has 0 aliphatic carbocycles. The maximum atomic E-state index is 11.1. The molecule has 0 aliphatic heterocycles. The van der Waals surface area contributed by atoms with Crippen molar-refractivity contribution in [2.24, 2.45) is 0 Å². The Labute approximate surface area is 114 Å². The van der Waals surface area contributed by atoms with E-state index in [0.717, 1.165) is 12.1 Å². The average molecular weight is 289 g/mol. The second-order valence-electron chi connectivity index (χ2n) is 3.54. The Balaban J connectivity index is 3.01. The van der Waals surface area contributed by atoms with Gasteiger partial charge in [-0.15, -0.1) is 0 Å². The van der Waals surface area contributed by atoms with E-state index < -0.39 is 10.9 Å². The summed E-state index contributed by atoms with van der Waals surface area (Å²) < 4.78 is 5.10. The SMILES string of the molecule is CCOCCNc1c(Cl)cc([N+](=O)[O-])cc1C(=O)O. The minimum Gasteiger partial charge on any atom is -0.478 e. The Morgan fingerprint density at radius 2 is 2.26 bits per heavy atom. The number of nitro groups is 1. The number of hydrogen-bond acceptors (Lipinski definition) is 5. The smallest absolute Gasteiger partial charge is 0.338 e. The number of nitrogens with one attached hydrogen (secondary N) is 1. The predicted octanol–water partition coefficient (Wildman–Crippen LogP) is 2.39. The number of benzene rings is 1. The van der Waals surface area contributed by atoms with E-state index in [4.69, 9.17) is 21.4 Å². The number of non-ortho nitro benzene ring substituents is 1. The predicted molar refractivity (Wildman–Crippen MR) is 70.0 cm³/mol. The highest BCUT2D eigenvalue weighted by atomic mass is 35.5. The van der Waals surface area contributed by atoms with E-state index in [2.05, 4.69) is 5.32 Å². The van der Waals surface area contributed by atoms with Crippen LogP contribution < -0.4 is 5.32 Å². The number of hydrogen-bond donors (Lipinski definition) is 2. The number of carboxylic acid groups (broad SMARTS) is 1. The van der Waals surface area contributed by atoms with Gasteiger partial charge in [0.15, 0.2) is 0 Å². The van der Waals surface area contributed by atoms with Gasteiger partial charge in [0, 0.05) is 25.3 Å². The lowest BCUT2D eigenvalue weighted by Gasteiger charge is -2.11. The monoisotopic (exact) mass is 288 g/mol. The summed E-state index contributed by atoms with van der Waals surface area (Å²) in [6.07, 6.45) is 0. The molecule has 0 aromatic heterocycles. The largest absolute Gasteiger partial charge is 0.478 e. The molecular weight excluding hydrogens is 276 g/mol. The van der Waals surface area contributed by atoms with Crippen molar-refractivity contribution in [2.45, 2.75) is 6.92 Å². The van der Waals surface area contributed by atoms with Crippen molar-refractivity contribution in [1.82, 2.24) is 0 Å². The third kappa shape index (κ3) is 4.08. The van der Waals surface area contributed by atoms with Gasteiger partial charge < -0.3 is 15.2 Å². The first-order valence-corrected chi connectivity index (χ1v) is 5.88. The zero-order chi connectivity index (χ0) is 14.4. The molecule has 0 saturated heterocycles. The molecule has 0 aliphatic rings. The lowest BCUT2D eigenvalue weighted by Crippen LogP contribution is -2.13. The van der Waals surface area contributed by atoms with Crippen LogP contribution in [0.1, 0.15) is 17.3 Å². The second kappa shape index (κ2) is 6.91. The number of aromatic carboxylic acids is 1. The van der Waals surface area contributed by atoms with Crippen molar-refractivity contribution >= 4 is 28.9 Å². The minimum absolute atomic E-state index is 0.0110. The standard InChI is InChI=1S/C11H13ClN2O5/c1-2-19-4-3-13-10-8(11(15)16)5-7(14(17)18)6-9(10)12/h5-6,13H,2-4H2,1H3,(H,15,16). The first kappa shape index (κ1) is 15.2. The molecule has 0 atom stereocenters. The lowest BCUT2D eigenvalue weighted by molar-refractivity contribution is -0.384. The van der Waals surface area contributed by atoms with E-state index in [9.17, 15) is 14.9 Å². The topological polar surface area (TPSA) is 102 Å². The van der Waals surface area contributed by atoms with Gasteiger partial charge in [0.2, 0.25) is 0 Å². The number of rotatable bonds is 7. The maximum absolute atomic E-state index is 11.1. The normalized spacial score (nSPS) is 10.2. The number of anilines is 1. The molecule has 0 spiro atoms. The molecule has 1 aromatic carbocycles. The number of nitrogens with zero attached hydrogens (tertiary/aromatic N) is 1. The van der Waals surface area contributed by atoms with Crippen LogP contribution in [0.4, 0.5) is 11.4 Å². The number of ether oxygens (including phenoxy) is 1. The van der Waals surface area contributed by atoms with E-state index in [-0.39, 0.29) is 22.0 Å². The first-order valence-electron chi connectivity index (χ1n) is 5.50. The van der Waals surface area contributed by atoms with Crippen LogP contribution in [0, 0.1) is 10.1 Å². The molecule has 0 saturated carbocycles. The molecule has 1 aromatic rings. The third-order valence-electron chi connectivity index (χ3n) is 2.27. The molecule has 19 heavy (non-hydrogen) atoms. The molecule has 0 bridgehead atoms. The quantitative estimate of drug-likeness (QED) is 0.454. The van der Waals surface area contributed by atoms with Crippen LogP contribution in [-0.2, 0) is 4.74 Å². The zero-order valence-corrected chi connectivity index (χ0v) is 10.9. The van der Waals surface area contributed by atoms with E-state index >= 15 is 0 Å². The van der Waals surface area contributed by atoms with Gasteiger partial charge in [-0.25, -0.2) is 4.79 Å². The van der Waals surface area contributed by atoms with Crippen molar-refractivity contribution in [1.29, 1.82) is 0 Å². The summed E-state index contributed by atoms with van der Waals surface area (Å²) in [5.74, 6) is -1.29. The molecule has 1 rings (SSSR count). The molecule has 0 radical (unpaired) electrons. The summed E-state index contributed by atoms with van der Waals surface area (Å²) in [5.41, 5.74) is -0.451. The van der Waals surface area contributed by atoms with E-state index in [0.29, 0.717) is 19.8 Å².